The molecule has 1 saturated heterocycles. The third-order valence-corrected chi connectivity index (χ3v) is 5.15. The number of hydrogen-bond acceptors (Lipinski definition) is 5. The number of benzene rings is 1. The third-order valence-electron chi connectivity index (χ3n) is 4.61. The van der Waals surface area contributed by atoms with Crippen LogP contribution in [0, 0.1) is 0 Å². The van der Waals surface area contributed by atoms with Crippen molar-refractivity contribution in [3.05, 3.63) is 63.8 Å². The van der Waals surface area contributed by atoms with Gasteiger partial charge in [0.1, 0.15) is 5.82 Å². The normalized spacial score (nSPS) is 14.8. The van der Waals surface area contributed by atoms with Crippen molar-refractivity contribution < 1.29 is 14.8 Å². The fourth-order valence-corrected chi connectivity index (χ4v) is 3.41. The second kappa shape index (κ2) is 9.73. The van der Waals surface area contributed by atoms with Gasteiger partial charge in [0.05, 0.1) is 5.02 Å². The van der Waals surface area contributed by atoms with Crippen molar-refractivity contribution >= 4 is 46.9 Å². The molecule has 9 heteroatoms. The van der Waals surface area contributed by atoms with Gasteiger partial charge in [-0.3, -0.25) is 14.8 Å². The molecule has 1 aromatic carbocycles. The highest BCUT2D eigenvalue weighted by atomic mass is 35.5. The van der Waals surface area contributed by atoms with E-state index in [-0.39, 0.29) is 11.9 Å². The number of aromatic nitrogens is 1. The Balaban J connectivity index is 1.55. The third kappa shape index (κ3) is 5.69. The summed E-state index contributed by atoms with van der Waals surface area (Å²) in [7, 11) is 0. The van der Waals surface area contributed by atoms with Gasteiger partial charge >= 0.3 is 0 Å². The Morgan fingerprint density at radius 2 is 1.86 bits per heavy atom. The lowest BCUT2D eigenvalue weighted by Crippen LogP contribution is -2.42. The summed E-state index contributed by atoms with van der Waals surface area (Å²) in [6.45, 7) is 1.27. The summed E-state index contributed by atoms with van der Waals surface area (Å²) in [4.78, 5) is 29.7. The van der Waals surface area contributed by atoms with Crippen molar-refractivity contribution in [1.82, 2.24) is 15.4 Å². The molecule has 2 aromatic rings. The summed E-state index contributed by atoms with van der Waals surface area (Å²) in [6, 6.07) is 8.72. The molecule has 29 heavy (non-hydrogen) atoms. The van der Waals surface area contributed by atoms with Gasteiger partial charge in [0.15, 0.2) is 0 Å². The number of nitrogens with zero attached hydrogens (tertiary/aromatic N) is 2. The number of hydrogen-bond donors (Lipinski definition) is 3. The first-order valence-electron chi connectivity index (χ1n) is 9.05. The van der Waals surface area contributed by atoms with E-state index in [2.05, 4.69) is 10.3 Å². The minimum Gasteiger partial charge on any atom is -0.366 e. The topological polar surface area (TPSA) is 94.6 Å². The van der Waals surface area contributed by atoms with Crippen LogP contribution >= 0.6 is 23.2 Å². The lowest BCUT2D eigenvalue weighted by molar-refractivity contribution is -0.124. The highest BCUT2D eigenvalue weighted by molar-refractivity contribution is 6.33. The van der Waals surface area contributed by atoms with E-state index in [4.69, 9.17) is 28.4 Å². The van der Waals surface area contributed by atoms with Crippen molar-refractivity contribution in [3.63, 3.8) is 0 Å². The quantitative estimate of drug-likeness (QED) is 0.379. The van der Waals surface area contributed by atoms with E-state index in [0.29, 0.717) is 40.1 Å². The number of anilines is 1. The van der Waals surface area contributed by atoms with Gasteiger partial charge in [0, 0.05) is 42.0 Å². The molecule has 1 fully saturated rings. The van der Waals surface area contributed by atoms with Crippen LogP contribution in [0.2, 0.25) is 10.0 Å². The largest absolute Gasteiger partial charge is 0.366 e. The number of rotatable bonds is 5. The number of pyridine rings is 1. The minimum atomic E-state index is -0.636. The summed E-state index contributed by atoms with van der Waals surface area (Å²) in [5.41, 5.74) is 2.78. The van der Waals surface area contributed by atoms with Crippen LogP contribution in [0.4, 0.5) is 5.82 Å². The fraction of sp³-hybridized carbons (Fsp3) is 0.250. The maximum Gasteiger partial charge on any atom is 0.267 e. The second-order valence-electron chi connectivity index (χ2n) is 6.63. The van der Waals surface area contributed by atoms with Crippen molar-refractivity contribution in [2.24, 2.45) is 0 Å². The van der Waals surface area contributed by atoms with Crippen molar-refractivity contribution in [1.29, 1.82) is 0 Å². The number of carbonyl (C=O) groups is 2. The standard InChI is InChI=1S/C20H20Cl2N4O3/c21-15-4-2-14(3-5-15)20(28)26-9-7-16(8-10-26)24-19-17(22)11-13(12-23-19)1-6-18(27)25-29/h1-6,11-12,16,29H,7-10H2,(H,23,24)(H,25,27)/b6-1+. The van der Waals surface area contributed by atoms with Crippen LogP contribution in [0.3, 0.4) is 0 Å². The molecule has 3 N–H and O–H groups in total. The Labute approximate surface area is 178 Å². The number of amides is 2. The van der Waals surface area contributed by atoms with Gasteiger partial charge < -0.3 is 10.2 Å². The Morgan fingerprint density at radius 1 is 1.17 bits per heavy atom. The molecule has 0 spiro atoms. The monoisotopic (exact) mass is 434 g/mol. The van der Waals surface area contributed by atoms with Gasteiger partial charge in [0.25, 0.3) is 11.8 Å². The minimum absolute atomic E-state index is 0.000620. The molecular weight excluding hydrogens is 415 g/mol. The van der Waals surface area contributed by atoms with Crippen LogP contribution in [0.25, 0.3) is 6.08 Å². The van der Waals surface area contributed by atoms with E-state index in [1.165, 1.54) is 17.6 Å². The van der Waals surface area contributed by atoms with Crippen molar-refractivity contribution in [2.75, 3.05) is 18.4 Å². The lowest BCUT2D eigenvalue weighted by atomic mass is 10.0. The average molecular weight is 435 g/mol. The number of halogens is 2. The van der Waals surface area contributed by atoms with Gasteiger partial charge in [-0.25, -0.2) is 10.5 Å². The van der Waals surface area contributed by atoms with Gasteiger partial charge in [-0.2, -0.15) is 0 Å². The number of piperidine rings is 1. The number of nitrogens with one attached hydrogen (secondary N) is 2. The molecule has 2 heterocycles. The molecular formula is C20H20Cl2N4O3. The van der Waals surface area contributed by atoms with Crippen LogP contribution in [0.1, 0.15) is 28.8 Å². The first kappa shape index (κ1) is 21.1. The molecule has 0 bridgehead atoms. The summed E-state index contributed by atoms with van der Waals surface area (Å²) >= 11 is 12.2. The Bertz CT molecular complexity index is 910. The SMILES string of the molecule is O=C(/C=C/c1cnc(NC2CCN(C(=O)c3ccc(Cl)cc3)CC2)c(Cl)c1)NO. The summed E-state index contributed by atoms with van der Waals surface area (Å²) in [6.07, 6.45) is 5.79. The Hall–Kier alpha value is -2.61. The van der Waals surface area contributed by atoms with Crippen LogP contribution in [-0.2, 0) is 4.79 Å². The van der Waals surface area contributed by atoms with Gasteiger partial charge in [-0.15, -0.1) is 0 Å². The molecule has 0 atom stereocenters. The Kier molecular flexibility index (Phi) is 7.09. The smallest absolute Gasteiger partial charge is 0.267 e. The maximum absolute atomic E-state index is 12.6. The van der Waals surface area contributed by atoms with Crippen LogP contribution in [0.15, 0.2) is 42.6 Å². The van der Waals surface area contributed by atoms with E-state index in [9.17, 15) is 9.59 Å². The number of carbonyl (C=O) groups excluding carboxylic acids is 2. The van der Waals surface area contributed by atoms with E-state index < -0.39 is 5.91 Å². The average Bonchev–Trinajstić information content (AvgIpc) is 2.74. The predicted octanol–water partition coefficient (Wildman–Crippen LogP) is 3.62. The Morgan fingerprint density at radius 3 is 2.48 bits per heavy atom. The number of hydroxylamine groups is 1. The molecule has 1 aliphatic rings. The summed E-state index contributed by atoms with van der Waals surface area (Å²) in [5.74, 6) is -0.0829. The fourth-order valence-electron chi connectivity index (χ4n) is 3.05. The second-order valence-corrected chi connectivity index (χ2v) is 7.47. The van der Waals surface area contributed by atoms with Gasteiger partial charge in [-0.1, -0.05) is 23.2 Å². The van der Waals surface area contributed by atoms with E-state index in [1.54, 1.807) is 36.5 Å². The van der Waals surface area contributed by atoms with E-state index in [1.807, 2.05) is 4.90 Å². The summed E-state index contributed by atoms with van der Waals surface area (Å²) in [5, 5.41) is 12.8. The first-order valence-corrected chi connectivity index (χ1v) is 9.81. The zero-order chi connectivity index (χ0) is 20.8. The molecule has 2 amide bonds. The number of likely N-dealkylation sites (tertiary alicyclic amines) is 1. The highest BCUT2D eigenvalue weighted by Crippen LogP contribution is 2.24. The summed E-state index contributed by atoms with van der Waals surface area (Å²) < 4.78 is 0. The zero-order valence-corrected chi connectivity index (χ0v) is 17.0. The molecule has 152 valence electrons. The van der Waals surface area contributed by atoms with Gasteiger partial charge in [-0.05, 0) is 54.8 Å². The first-order chi connectivity index (χ1) is 14.0. The van der Waals surface area contributed by atoms with Gasteiger partial charge in [0.2, 0.25) is 0 Å². The maximum atomic E-state index is 12.6. The van der Waals surface area contributed by atoms with Crippen LogP contribution in [0.5, 0.6) is 0 Å². The molecule has 0 unspecified atom stereocenters. The highest BCUT2D eigenvalue weighted by Gasteiger charge is 2.24. The molecule has 0 aliphatic carbocycles. The molecule has 7 nitrogen and oxygen atoms in total. The molecule has 0 saturated carbocycles. The van der Waals surface area contributed by atoms with E-state index in [0.717, 1.165) is 12.8 Å². The molecule has 0 radical (unpaired) electrons. The zero-order valence-electron chi connectivity index (χ0n) is 15.4. The molecule has 3 rings (SSSR count). The van der Waals surface area contributed by atoms with Crippen LogP contribution in [-0.4, -0.2) is 46.0 Å². The van der Waals surface area contributed by atoms with Crippen LogP contribution < -0.4 is 10.8 Å². The van der Waals surface area contributed by atoms with Crippen molar-refractivity contribution in [2.45, 2.75) is 18.9 Å². The molecule has 1 aromatic heterocycles. The van der Waals surface area contributed by atoms with E-state index >= 15 is 0 Å². The van der Waals surface area contributed by atoms with Crippen molar-refractivity contribution in [3.8, 4) is 0 Å². The molecule has 1 aliphatic heterocycles. The lowest BCUT2D eigenvalue weighted by Gasteiger charge is -2.33. The predicted molar refractivity (Wildman–Crippen MR) is 112 cm³/mol.